The molecule has 0 unspecified atom stereocenters. The highest BCUT2D eigenvalue weighted by Gasteiger charge is 2.17. The van der Waals surface area contributed by atoms with Crippen LogP contribution in [-0.4, -0.2) is 29.2 Å². The summed E-state index contributed by atoms with van der Waals surface area (Å²) in [5.74, 6) is 0.805. The van der Waals surface area contributed by atoms with Gasteiger partial charge in [-0.1, -0.05) is 6.42 Å². The number of carbonyl (C=O) groups excluding carboxylic acids is 1. The molecule has 0 radical (unpaired) electrons. The summed E-state index contributed by atoms with van der Waals surface area (Å²) >= 11 is 1.84. The first-order chi connectivity index (χ1) is 10.0. The van der Waals surface area contributed by atoms with E-state index in [0.29, 0.717) is 30.0 Å². The van der Waals surface area contributed by atoms with Gasteiger partial charge in [0.2, 0.25) is 0 Å². The van der Waals surface area contributed by atoms with Gasteiger partial charge in [0, 0.05) is 18.3 Å². The van der Waals surface area contributed by atoms with Crippen LogP contribution >= 0.6 is 11.8 Å². The maximum atomic E-state index is 12.1. The van der Waals surface area contributed by atoms with Crippen LogP contribution in [0.3, 0.4) is 0 Å². The molecule has 0 fully saturated rings. The van der Waals surface area contributed by atoms with E-state index < -0.39 is 0 Å². The van der Waals surface area contributed by atoms with E-state index in [1.807, 2.05) is 18.7 Å². The lowest BCUT2D eigenvalue weighted by molar-refractivity contribution is 0.0523. The summed E-state index contributed by atoms with van der Waals surface area (Å²) in [6.45, 7) is 6.38. The number of carbonyl (C=O) groups is 1. The highest BCUT2D eigenvalue weighted by Crippen LogP contribution is 2.14. The molecule has 0 bridgehead atoms. The van der Waals surface area contributed by atoms with Crippen molar-refractivity contribution in [3.8, 4) is 0 Å². The van der Waals surface area contributed by atoms with Crippen molar-refractivity contribution in [3.05, 3.63) is 33.2 Å². The van der Waals surface area contributed by atoms with Crippen molar-refractivity contribution < 1.29 is 9.53 Å². The molecule has 4 nitrogen and oxygen atoms in total. The molecule has 0 aromatic carbocycles. The predicted molar refractivity (Wildman–Crippen MR) is 88.4 cm³/mol. The fourth-order valence-corrected chi connectivity index (χ4v) is 2.90. The maximum absolute atomic E-state index is 12.1. The monoisotopic (exact) mass is 311 g/mol. The molecule has 0 aliphatic heterocycles. The summed E-state index contributed by atoms with van der Waals surface area (Å²) in [6, 6.07) is 1.53. The highest BCUT2D eigenvalue weighted by atomic mass is 32.2. The number of unbranched alkanes of at least 4 members (excludes halogenated alkanes) is 2. The van der Waals surface area contributed by atoms with E-state index in [-0.39, 0.29) is 11.5 Å². The zero-order chi connectivity index (χ0) is 15.8. The minimum Gasteiger partial charge on any atom is -0.462 e. The van der Waals surface area contributed by atoms with Gasteiger partial charge >= 0.3 is 5.97 Å². The smallest absolute Gasteiger partial charge is 0.340 e. The summed E-state index contributed by atoms with van der Waals surface area (Å²) in [5.41, 5.74) is 1.89. The van der Waals surface area contributed by atoms with Crippen molar-refractivity contribution in [1.29, 1.82) is 0 Å². The van der Waals surface area contributed by atoms with Crippen LogP contribution in [0.4, 0.5) is 0 Å². The Morgan fingerprint density at radius 3 is 2.62 bits per heavy atom. The fraction of sp³-hybridized carbons (Fsp3) is 0.625. The van der Waals surface area contributed by atoms with Crippen molar-refractivity contribution in [1.82, 2.24) is 4.57 Å². The minimum atomic E-state index is -0.344. The van der Waals surface area contributed by atoms with E-state index in [4.69, 9.17) is 4.74 Å². The number of rotatable bonds is 8. The van der Waals surface area contributed by atoms with Crippen LogP contribution in [0, 0.1) is 13.8 Å². The first kappa shape index (κ1) is 17.8. The third-order valence-electron chi connectivity index (χ3n) is 3.48. The zero-order valence-corrected chi connectivity index (χ0v) is 14.2. The molecular weight excluding hydrogens is 286 g/mol. The Labute approximate surface area is 130 Å². The van der Waals surface area contributed by atoms with E-state index in [0.717, 1.165) is 25.0 Å². The molecule has 5 heteroatoms. The van der Waals surface area contributed by atoms with Gasteiger partial charge in [-0.05, 0) is 51.2 Å². The molecule has 1 aromatic heterocycles. The van der Waals surface area contributed by atoms with Crippen LogP contribution in [-0.2, 0) is 11.3 Å². The Balaban J connectivity index is 2.91. The van der Waals surface area contributed by atoms with Crippen molar-refractivity contribution in [2.75, 3.05) is 18.6 Å². The van der Waals surface area contributed by atoms with Gasteiger partial charge in [-0.25, -0.2) is 4.79 Å². The summed E-state index contributed by atoms with van der Waals surface area (Å²) in [4.78, 5) is 24.1. The quantitative estimate of drug-likeness (QED) is 0.546. The van der Waals surface area contributed by atoms with Gasteiger partial charge in [0.25, 0.3) is 5.56 Å². The second kappa shape index (κ2) is 8.93. The van der Waals surface area contributed by atoms with Gasteiger partial charge in [-0.2, -0.15) is 11.8 Å². The number of esters is 1. The Morgan fingerprint density at radius 1 is 1.29 bits per heavy atom. The largest absolute Gasteiger partial charge is 0.462 e. The van der Waals surface area contributed by atoms with Crippen LogP contribution in [0.25, 0.3) is 0 Å². The summed E-state index contributed by atoms with van der Waals surface area (Å²) in [5, 5.41) is 0. The molecule has 118 valence electrons. The summed E-state index contributed by atoms with van der Waals surface area (Å²) in [6.07, 6.45) is 5.30. The number of aryl methyl sites for hydroxylation is 1. The number of aromatic nitrogens is 1. The molecule has 1 heterocycles. The Bertz CT molecular complexity index is 537. The lowest BCUT2D eigenvalue weighted by Crippen LogP contribution is -2.26. The second-order valence-electron chi connectivity index (χ2n) is 5.05. The SMILES string of the molecule is CCOC(=O)c1c(C)cc(=O)n(CCCCCSC)c1C. The molecule has 0 aliphatic carbocycles. The molecule has 0 N–H and O–H groups in total. The Hall–Kier alpha value is -1.23. The molecule has 0 amide bonds. The highest BCUT2D eigenvalue weighted by molar-refractivity contribution is 7.98. The number of nitrogens with zero attached hydrogens (tertiary/aromatic N) is 1. The standard InChI is InChI=1S/C16H25NO3S/c1-5-20-16(19)15-12(2)11-14(18)17(13(15)3)9-7-6-8-10-21-4/h11H,5-10H2,1-4H3. The van der Waals surface area contributed by atoms with Crippen LogP contribution in [0.5, 0.6) is 0 Å². The van der Waals surface area contributed by atoms with E-state index in [1.54, 1.807) is 18.4 Å². The van der Waals surface area contributed by atoms with Crippen molar-refractivity contribution >= 4 is 17.7 Å². The first-order valence-electron chi connectivity index (χ1n) is 7.40. The van der Waals surface area contributed by atoms with Gasteiger partial charge < -0.3 is 9.30 Å². The fourth-order valence-electron chi connectivity index (χ4n) is 2.40. The lowest BCUT2D eigenvalue weighted by atomic mass is 10.1. The number of hydrogen-bond donors (Lipinski definition) is 0. The number of thioether (sulfide) groups is 1. The zero-order valence-electron chi connectivity index (χ0n) is 13.4. The second-order valence-corrected chi connectivity index (χ2v) is 6.04. The third kappa shape index (κ3) is 4.92. The van der Waals surface area contributed by atoms with E-state index >= 15 is 0 Å². The number of hydrogen-bond acceptors (Lipinski definition) is 4. The average Bonchev–Trinajstić information content (AvgIpc) is 2.41. The van der Waals surface area contributed by atoms with Crippen LogP contribution < -0.4 is 5.56 Å². The number of ether oxygens (including phenoxy) is 1. The van der Waals surface area contributed by atoms with Gasteiger partial charge in [0.15, 0.2) is 0 Å². The van der Waals surface area contributed by atoms with Gasteiger partial charge in [-0.3, -0.25) is 4.79 Å². The molecule has 0 spiro atoms. The number of pyridine rings is 1. The van der Waals surface area contributed by atoms with Crippen LogP contribution in [0.15, 0.2) is 10.9 Å². The van der Waals surface area contributed by atoms with Crippen molar-refractivity contribution in [2.24, 2.45) is 0 Å². The van der Waals surface area contributed by atoms with E-state index in [9.17, 15) is 9.59 Å². The van der Waals surface area contributed by atoms with Gasteiger partial charge in [0.1, 0.15) is 0 Å². The predicted octanol–water partition coefficient (Wildman–Crippen LogP) is 3.18. The van der Waals surface area contributed by atoms with E-state index in [1.165, 1.54) is 6.07 Å². The Morgan fingerprint density at radius 2 is 2.00 bits per heavy atom. The normalized spacial score (nSPS) is 10.7. The lowest BCUT2D eigenvalue weighted by Gasteiger charge is -2.15. The molecule has 0 aliphatic rings. The molecule has 0 saturated carbocycles. The molecule has 1 rings (SSSR count). The molecular formula is C16H25NO3S. The summed E-state index contributed by atoms with van der Waals surface area (Å²) in [7, 11) is 0. The minimum absolute atomic E-state index is 0.0390. The molecule has 0 saturated heterocycles. The topological polar surface area (TPSA) is 48.3 Å². The van der Waals surface area contributed by atoms with E-state index in [2.05, 4.69) is 6.26 Å². The average molecular weight is 311 g/mol. The molecule has 0 atom stereocenters. The molecule has 21 heavy (non-hydrogen) atoms. The van der Waals surface area contributed by atoms with Gasteiger partial charge in [-0.15, -0.1) is 0 Å². The van der Waals surface area contributed by atoms with Crippen molar-refractivity contribution in [2.45, 2.75) is 46.6 Å². The Kier molecular flexibility index (Phi) is 7.57. The van der Waals surface area contributed by atoms with Crippen molar-refractivity contribution in [3.63, 3.8) is 0 Å². The first-order valence-corrected chi connectivity index (χ1v) is 8.79. The van der Waals surface area contributed by atoms with Gasteiger partial charge in [0.05, 0.1) is 12.2 Å². The van der Waals surface area contributed by atoms with Crippen LogP contribution in [0.1, 0.15) is 47.8 Å². The van der Waals surface area contributed by atoms with Crippen LogP contribution in [0.2, 0.25) is 0 Å². The maximum Gasteiger partial charge on any atom is 0.340 e. The molecule has 1 aromatic rings. The third-order valence-corrected chi connectivity index (χ3v) is 4.17. The summed E-state index contributed by atoms with van der Waals surface area (Å²) < 4.78 is 6.78.